The summed E-state index contributed by atoms with van der Waals surface area (Å²) >= 11 is 0. The standard InChI is InChI=1S/C13H12N2O/c14-7-4-5-8-10(6-7)13(16)9-2-1-3-11(15)12(8)9/h1-6,13,16H,14-15H2/t13-/m0/s1. The molecule has 3 nitrogen and oxygen atoms in total. The Morgan fingerprint density at radius 3 is 2.62 bits per heavy atom. The molecule has 0 aliphatic heterocycles. The van der Waals surface area contributed by atoms with Crippen LogP contribution >= 0.6 is 0 Å². The molecule has 3 rings (SSSR count). The third-order valence-electron chi connectivity index (χ3n) is 3.06. The molecule has 0 heterocycles. The first kappa shape index (κ1) is 9.24. The molecule has 5 N–H and O–H groups in total. The molecule has 1 aliphatic rings. The van der Waals surface area contributed by atoms with E-state index in [1.54, 1.807) is 6.07 Å². The lowest BCUT2D eigenvalue weighted by atomic mass is 10.0. The van der Waals surface area contributed by atoms with E-state index in [2.05, 4.69) is 0 Å². The smallest absolute Gasteiger partial charge is 0.105 e. The number of rotatable bonds is 0. The maximum atomic E-state index is 10.2. The molecule has 2 aromatic rings. The number of aliphatic hydroxyl groups is 1. The average molecular weight is 212 g/mol. The van der Waals surface area contributed by atoms with Gasteiger partial charge in [0.05, 0.1) is 0 Å². The van der Waals surface area contributed by atoms with Crippen LogP contribution in [0.15, 0.2) is 36.4 Å². The summed E-state index contributed by atoms with van der Waals surface area (Å²) < 4.78 is 0. The molecule has 1 aliphatic carbocycles. The SMILES string of the molecule is Nc1ccc2c(c1)[C@@H](O)c1cccc(N)c1-2. The van der Waals surface area contributed by atoms with E-state index in [1.807, 2.05) is 30.3 Å². The van der Waals surface area contributed by atoms with E-state index in [0.29, 0.717) is 11.4 Å². The van der Waals surface area contributed by atoms with Crippen LogP contribution in [0.3, 0.4) is 0 Å². The molecule has 3 heteroatoms. The van der Waals surface area contributed by atoms with E-state index in [4.69, 9.17) is 11.5 Å². The summed E-state index contributed by atoms with van der Waals surface area (Å²) in [6.07, 6.45) is -0.614. The lowest BCUT2D eigenvalue weighted by Gasteiger charge is -2.05. The topological polar surface area (TPSA) is 72.3 Å². The van der Waals surface area contributed by atoms with E-state index in [-0.39, 0.29) is 0 Å². The first-order valence-electron chi connectivity index (χ1n) is 5.14. The van der Waals surface area contributed by atoms with Crippen LogP contribution in [0.4, 0.5) is 11.4 Å². The highest BCUT2D eigenvalue weighted by atomic mass is 16.3. The molecule has 2 aromatic carbocycles. The molecule has 0 saturated carbocycles. The zero-order valence-electron chi connectivity index (χ0n) is 8.64. The number of hydrogen-bond donors (Lipinski definition) is 3. The zero-order chi connectivity index (χ0) is 11.3. The van der Waals surface area contributed by atoms with Gasteiger partial charge in [-0.2, -0.15) is 0 Å². The molecule has 0 bridgehead atoms. The van der Waals surface area contributed by atoms with E-state index in [9.17, 15) is 5.11 Å². The first-order chi connectivity index (χ1) is 7.68. The van der Waals surface area contributed by atoms with Crippen LogP contribution in [-0.4, -0.2) is 5.11 Å². The van der Waals surface area contributed by atoms with Gasteiger partial charge in [0, 0.05) is 16.9 Å². The van der Waals surface area contributed by atoms with Crippen LogP contribution in [-0.2, 0) is 0 Å². The minimum atomic E-state index is -0.614. The fourth-order valence-electron chi connectivity index (χ4n) is 2.33. The van der Waals surface area contributed by atoms with Gasteiger partial charge in [0.15, 0.2) is 0 Å². The van der Waals surface area contributed by atoms with Crippen LogP contribution in [0.5, 0.6) is 0 Å². The summed E-state index contributed by atoms with van der Waals surface area (Å²) in [6, 6.07) is 11.1. The summed E-state index contributed by atoms with van der Waals surface area (Å²) in [5.74, 6) is 0. The van der Waals surface area contributed by atoms with Gasteiger partial charge in [-0.3, -0.25) is 0 Å². The van der Waals surface area contributed by atoms with Gasteiger partial charge in [-0.15, -0.1) is 0 Å². The molecule has 0 unspecified atom stereocenters. The fraction of sp³-hybridized carbons (Fsp3) is 0.0769. The van der Waals surface area contributed by atoms with Crippen molar-refractivity contribution in [2.24, 2.45) is 0 Å². The molecule has 80 valence electrons. The van der Waals surface area contributed by atoms with Gasteiger partial charge in [-0.1, -0.05) is 18.2 Å². The van der Waals surface area contributed by atoms with Gasteiger partial charge in [-0.25, -0.2) is 0 Å². The Kier molecular flexibility index (Phi) is 1.73. The van der Waals surface area contributed by atoms with Gasteiger partial charge in [-0.05, 0) is 34.9 Å². The van der Waals surface area contributed by atoms with Gasteiger partial charge < -0.3 is 16.6 Å². The summed E-state index contributed by atoms with van der Waals surface area (Å²) in [4.78, 5) is 0. The van der Waals surface area contributed by atoms with E-state index in [1.165, 1.54) is 0 Å². The first-order valence-corrected chi connectivity index (χ1v) is 5.14. The molecular formula is C13H12N2O. The van der Waals surface area contributed by atoms with Gasteiger partial charge in [0.25, 0.3) is 0 Å². The van der Waals surface area contributed by atoms with Crippen LogP contribution < -0.4 is 11.5 Å². The van der Waals surface area contributed by atoms with Crippen molar-refractivity contribution in [3.8, 4) is 11.1 Å². The molecule has 0 radical (unpaired) electrons. The predicted octanol–water partition coefficient (Wildman–Crippen LogP) is 1.91. The van der Waals surface area contributed by atoms with Gasteiger partial charge in [0.2, 0.25) is 0 Å². The Hall–Kier alpha value is -2.00. The quantitative estimate of drug-likeness (QED) is 0.584. The van der Waals surface area contributed by atoms with E-state index in [0.717, 1.165) is 22.3 Å². The number of aliphatic hydroxyl groups excluding tert-OH is 1. The molecule has 0 fully saturated rings. The van der Waals surface area contributed by atoms with Crippen molar-refractivity contribution in [1.29, 1.82) is 0 Å². The van der Waals surface area contributed by atoms with E-state index >= 15 is 0 Å². The highest BCUT2D eigenvalue weighted by Crippen LogP contribution is 2.46. The summed E-state index contributed by atoms with van der Waals surface area (Å²) in [6.45, 7) is 0. The second-order valence-electron chi connectivity index (χ2n) is 4.06. The molecule has 0 aromatic heterocycles. The Balaban J connectivity index is 2.36. The van der Waals surface area contributed by atoms with Crippen molar-refractivity contribution >= 4 is 11.4 Å². The number of fused-ring (bicyclic) bond motifs is 3. The Morgan fingerprint density at radius 1 is 1.00 bits per heavy atom. The van der Waals surface area contributed by atoms with Crippen molar-refractivity contribution in [3.05, 3.63) is 47.5 Å². The van der Waals surface area contributed by atoms with Crippen molar-refractivity contribution < 1.29 is 5.11 Å². The molecule has 0 spiro atoms. The molecular weight excluding hydrogens is 200 g/mol. The minimum absolute atomic E-state index is 0.614. The van der Waals surface area contributed by atoms with Crippen molar-refractivity contribution in [2.75, 3.05) is 11.5 Å². The van der Waals surface area contributed by atoms with Gasteiger partial charge in [0.1, 0.15) is 6.10 Å². The monoisotopic (exact) mass is 212 g/mol. The highest BCUT2D eigenvalue weighted by molar-refractivity contribution is 5.87. The third kappa shape index (κ3) is 1.06. The average Bonchev–Trinajstić information content (AvgIpc) is 2.55. The maximum absolute atomic E-state index is 10.2. The second kappa shape index (κ2) is 3.00. The van der Waals surface area contributed by atoms with Gasteiger partial charge >= 0.3 is 0 Å². The maximum Gasteiger partial charge on any atom is 0.105 e. The fourth-order valence-corrected chi connectivity index (χ4v) is 2.33. The molecule has 0 amide bonds. The molecule has 1 atom stereocenters. The number of hydrogen-bond acceptors (Lipinski definition) is 3. The van der Waals surface area contributed by atoms with E-state index < -0.39 is 6.10 Å². The van der Waals surface area contributed by atoms with Crippen molar-refractivity contribution in [2.45, 2.75) is 6.10 Å². The Bertz CT molecular complexity index is 578. The zero-order valence-corrected chi connectivity index (χ0v) is 8.64. The van der Waals surface area contributed by atoms with Crippen LogP contribution in [0.1, 0.15) is 17.2 Å². The van der Waals surface area contributed by atoms with Crippen LogP contribution in [0.25, 0.3) is 11.1 Å². The third-order valence-corrected chi connectivity index (χ3v) is 3.06. The van der Waals surface area contributed by atoms with Crippen molar-refractivity contribution in [1.82, 2.24) is 0 Å². The Labute approximate surface area is 93.3 Å². The normalized spacial score (nSPS) is 16.9. The Morgan fingerprint density at radius 2 is 1.81 bits per heavy atom. The van der Waals surface area contributed by atoms with Crippen LogP contribution in [0, 0.1) is 0 Å². The number of benzene rings is 2. The minimum Gasteiger partial charge on any atom is -0.399 e. The summed E-state index contributed by atoms with van der Waals surface area (Å²) in [5.41, 5.74) is 16.6. The second-order valence-corrected chi connectivity index (χ2v) is 4.06. The number of anilines is 2. The lowest BCUT2D eigenvalue weighted by molar-refractivity contribution is 0.225. The number of nitrogen functional groups attached to an aromatic ring is 2. The molecule has 16 heavy (non-hydrogen) atoms. The van der Waals surface area contributed by atoms with Crippen LogP contribution in [0.2, 0.25) is 0 Å². The molecule has 0 saturated heterocycles. The summed E-state index contributed by atoms with van der Waals surface area (Å²) in [5, 5.41) is 10.2. The van der Waals surface area contributed by atoms with Crippen molar-refractivity contribution in [3.63, 3.8) is 0 Å². The largest absolute Gasteiger partial charge is 0.399 e. The lowest BCUT2D eigenvalue weighted by Crippen LogP contribution is -1.95. The predicted molar refractivity (Wildman–Crippen MR) is 64.8 cm³/mol. The highest BCUT2D eigenvalue weighted by Gasteiger charge is 2.28. The summed E-state index contributed by atoms with van der Waals surface area (Å²) in [7, 11) is 0. The number of nitrogens with two attached hydrogens (primary N) is 2.